The third kappa shape index (κ3) is 3.25. The number of likely N-dealkylation sites (N-methyl/N-ethyl adjacent to an activating group) is 1. The third-order valence-electron chi connectivity index (χ3n) is 4.04. The Labute approximate surface area is 116 Å². The van der Waals surface area contributed by atoms with Gasteiger partial charge in [0, 0.05) is 38.4 Å². The van der Waals surface area contributed by atoms with E-state index in [1.54, 1.807) is 0 Å². The van der Waals surface area contributed by atoms with E-state index in [1.807, 2.05) is 13.2 Å². The van der Waals surface area contributed by atoms with E-state index in [1.165, 1.54) is 17.5 Å². The molecule has 1 aromatic rings. The summed E-state index contributed by atoms with van der Waals surface area (Å²) in [5.74, 6) is 1.16. The maximum Gasteiger partial charge on any atom is 0.131 e. The Morgan fingerprint density at radius 1 is 1.42 bits per heavy atom. The molecule has 0 aliphatic carbocycles. The van der Waals surface area contributed by atoms with Gasteiger partial charge in [-0.2, -0.15) is 0 Å². The van der Waals surface area contributed by atoms with Crippen LogP contribution in [0.1, 0.15) is 24.5 Å². The fourth-order valence-electron chi connectivity index (χ4n) is 2.84. The summed E-state index contributed by atoms with van der Waals surface area (Å²) in [4.78, 5) is 9.58. The van der Waals surface area contributed by atoms with Crippen LogP contribution in [-0.2, 0) is 6.54 Å². The highest BCUT2D eigenvalue weighted by molar-refractivity contribution is 5.48. The van der Waals surface area contributed by atoms with Gasteiger partial charge in [-0.05, 0) is 44.6 Å². The standard InChI is InChI=1S/C15H26N4/c1-5-14-11-19(7-6-18(14)4)15-12(2)8-13(9-16-3)10-17-15/h8,10,14,16H,5-7,9,11H2,1-4H3. The molecule has 2 rings (SSSR count). The molecule has 4 heteroatoms. The first-order valence-corrected chi connectivity index (χ1v) is 7.21. The summed E-state index contributed by atoms with van der Waals surface area (Å²) in [6.07, 6.45) is 3.20. The average molecular weight is 262 g/mol. The van der Waals surface area contributed by atoms with Crippen LogP contribution >= 0.6 is 0 Å². The number of aryl methyl sites for hydroxylation is 1. The van der Waals surface area contributed by atoms with Crippen molar-refractivity contribution in [3.05, 3.63) is 23.4 Å². The molecule has 1 fully saturated rings. The summed E-state index contributed by atoms with van der Waals surface area (Å²) in [5.41, 5.74) is 2.54. The highest BCUT2D eigenvalue weighted by Gasteiger charge is 2.24. The van der Waals surface area contributed by atoms with E-state index >= 15 is 0 Å². The molecule has 4 nitrogen and oxygen atoms in total. The van der Waals surface area contributed by atoms with E-state index in [0.717, 1.165) is 32.0 Å². The van der Waals surface area contributed by atoms with Crippen molar-refractivity contribution < 1.29 is 0 Å². The maximum absolute atomic E-state index is 4.68. The molecule has 0 aromatic carbocycles. The lowest BCUT2D eigenvalue weighted by molar-refractivity contribution is 0.213. The average Bonchev–Trinajstić information content (AvgIpc) is 2.40. The van der Waals surface area contributed by atoms with E-state index in [0.29, 0.717) is 6.04 Å². The first kappa shape index (κ1) is 14.3. The zero-order valence-corrected chi connectivity index (χ0v) is 12.6. The fraction of sp³-hybridized carbons (Fsp3) is 0.667. The van der Waals surface area contributed by atoms with Crippen molar-refractivity contribution in [2.24, 2.45) is 0 Å². The van der Waals surface area contributed by atoms with Gasteiger partial charge in [0.05, 0.1) is 0 Å². The van der Waals surface area contributed by atoms with Gasteiger partial charge in [0.15, 0.2) is 0 Å². The molecular formula is C15H26N4. The van der Waals surface area contributed by atoms with Crippen LogP contribution in [0.3, 0.4) is 0 Å². The predicted molar refractivity (Wildman–Crippen MR) is 80.7 cm³/mol. The molecular weight excluding hydrogens is 236 g/mol. The summed E-state index contributed by atoms with van der Waals surface area (Å²) in [5, 5.41) is 3.17. The van der Waals surface area contributed by atoms with Crippen molar-refractivity contribution in [1.82, 2.24) is 15.2 Å². The van der Waals surface area contributed by atoms with Crippen LogP contribution in [0.4, 0.5) is 5.82 Å². The lowest BCUT2D eigenvalue weighted by Gasteiger charge is -2.40. The van der Waals surface area contributed by atoms with E-state index in [4.69, 9.17) is 0 Å². The predicted octanol–water partition coefficient (Wildman–Crippen LogP) is 1.64. The zero-order valence-electron chi connectivity index (χ0n) is 12.6. The van der Waals surface area contributed by atoms with Crippen LogP contribution in [0.2, 0.25) is 0 Å². The van der Waals surface area contributed by atoms with E-state index in [-0.39, 0.29) is 0 Å². The number of pyridine rings is 1. The molecule has 0 bridgehead atoms. The molecule has 1 aliphatic rings. The van der Waals surface area contributed by atoms with Gasteiger partial charge in [-0.3, -0.25) is 4.90 Å². The molecule has 1 atom stereocenters. The number of hydrogen-bond donors (Lipinski definition) is 1. The second-order valence-electron chi connectivity index (χ2n) is 5.50. The number of hydrogen-bond acceptors (Lipinski definition) is 4. The number of rotatable bonds is 4. The summed E-state index contributed by atoms with van der Waals surface area (Å²) in [6.45, 7) is 8.60. The molecule has 1 aliphatic heterocycles. The molecule has 1 aromatic heterocycles. The lowest BCUT2D eigenvalue weighted by atomic mass is 10.1. The molecule has 0 saturated carbocycles. The molecule has 0 amide bonds. The molecule has 0 spiro atoms. The van der Waals surface area contributed by atoms with Crippen molar-refractivity contribution in [2.75, 3.05) is 38.6 Å². The van der Waals surface area contributed by atoms with Crippen LogP contribution in [0.15, 0.2) is 12.3 Å². The largest absolute Gasteiger partial charge is 0.354 e. The Morgan fingerprint density at radius 3 is 2.84 bits per heavy atom. The molecule has 1 unspecified atom stereocenters. The van der Waals surface area contributed by atoms with Gasteiger partial charge in [0.25, 0.3) is 0 Å². The fourth-order valence-corrected chi connectivity index (χ4v) is 2.84. The first-order valence-electron chi connectivity index (χ1n) is 7.21. The molecule has 0 radical (unpaired) electrons. The Kier molecular flexibility index (Phi) is 4.77. The van der Waals surface area contributed by atoms with Crippen LogP contribution in [-0.4, -0.2) is 49.7 Å². The van der Waals surface area contributed by atoms with Crippen molar-refractivity contribution in [3.8, 4) is 0 Å². The smallest absolute Gasteiger partial charge is 0.131 e. The van der Waals surface area contributed by atoms with Crippen LogP contribution in [0, 0.1) is 6.92 Å². The Hall–Kier alpha value is -1.13. The highest BCUT2D eigenvalue weighted by Crippen LogP contribution is 2.22. The number of nitrogens with one attached hydrogen (secondary N) is 1. The van der Waals surface area contributed by atoms with Crippen LogP contribution in [0.25, 0.3) is 0 Å². The van der Waals surface area contributed by atoms with Crippen molar-refractivity contribution >= 4 is 5.82 Å². The van der Waals surface area contributed by atoms with Gasteiger partial charge < -0.3 is 10.2 Å². The van der Waals surface area contributed by atoms with E-state index in [9.17, 15) is 0 Å². The summed E-state index contributed by atoms with van der Waals surface area (Å²) < 4.78 is 0. The molecule has 1 saturated heterocycles. The van der Waals surface area contributed by atoms with Crippen molar-refractivity contribution in [1.29, 1.82) is 0 Å². The highest BCUT2D eigenvalue weighted by atomic mass is 15.3. The number of piperazine rings is 1. The second-order valence-corrected chi connectivity index (χ2v) is 5.50. The molecule has 2 heterocycles. The Bertz CT molecular complexity index is 419. The Balaban J connectivity index is 2.13. The monoisotopic (exact) mass is 262 g/mol. The summed E-state index contributed by atoms with van der Waals surface area (Å²) in [7, 11) is 4.19. The zero-order chi connectivity index (χ0) is 13.8. The Morgan fingerprint density at radius 2 is 2.21 bits per heavy atom. The SMILES string of the molecule is CCC1CN(c2ncc(CNC)cc2C)CCN1C. The van der Waals surface area contributed by atoms with E-state index < -0.39 is 0 Å². The third-order valence-corrected chi connectivity index (χ3v) is 4.04. The normalized spacial score (nSPS) is 20.8. The number of anilines is 1. The van der Waals surface area contributed by atoms with Crippen LogP contribution in [0.5, 0.6) is 0 Å². The minimum Gasteiger partial charge on any atom is -0.354 e. The summed E-state index contributed by atoms with van der Waals surface area (Å²) in [6, 6.07) is 2.89. The van der Waals surface area contributed by atoms with Gasteiger partial charge in [0.2, 0.25) is 0 Å². The van der Waals surface area contributed by atoms with Gasteiger partial charge in [-0.25, -0.2) is 4.98 Å². The van der Waals surface area contributed by atoms with Crippen molar-refractivity contribution in [3.63, 3.8) is 0 Å². The van der Waals surface area contributed by atoms with Crippen LogP contribution < -0.4 is 10.2 Å². The van der Waals surface area contributed by atoms with Crippen molar-refractivity contribution in [2.45, 2.75) is 32.9 Å². The number of nitrogens with zero attached hydrogens (tertiary/aromatic N) is 3. The van der Waals surface area contributed by atoms with Gasteiger partial charge in [0.1, 0.15) is 5.82 Å². The topological polar surface area (TPSA) is 31.4 Å². The number of aromatic nitrogens is 1. The molecule has 19 heavy (non-hydrogen) atoms. The lowest BCUT2D eigenvalue weighted by Crippen LogP contribution is -2.51. The van der Waals surface area contributed by atoms with Gasteiger partial charge in [-0.1, -0.05) is 6.92 Å². The van der Waals surface area contributed by atoms with Gasteiger partial charge >= 0.3 is 0 Å². The van der Waals surface area contributed by atoms with Gasteiger partial charge in [-0.15, -0.1) is 0 Å². The second kappa shape index (κ2) is 6.35. The quantitative estimate of drug-likeness (QED) is 0.894. The minimum atomic E-state index is 0.645. The first-order chi connectivity index (χ1) is 9.15. The summed E-state index contributed by atoms with van der Waals surface area (Å²) >= 11 is 0. The maximum atomic E-state index is 4.68. The molecule has 1 N–H and O–H groups in total. The minimum absolute atomic E-state index is 0.645. The molecule has 106 valence electrons. The van der Waals surface area contributed by atoms with E-state index in [2.05, 4.69) is 47.1 Å².